The minimum atomic E-state index is -0.251. The number of rotatable bonds is 4. The molecule has 1 amide bonds. The van der Waals surface area contributed by atoms with E-state index in [4.69, 9.17) is 0 Å². The first-order valence-electron chi connectivity index (χ1n) is 7.34. The number of nitrogens with one attached hydrogen (secondary N) is 2. The monoisotopic (exact) mass is 278 g/mol. The fraction of sp³-hybridized carbons (Fsp3) is 0.562. The SMILES string of the molecule is CC(C)C(NC(=O)C1CCCNC1)c1ccc(F)cc1. The highest BCUT2D eigenvalue weighted by Gasteiger charge is 2.25. The van der Waals surface area contributed by atoms with Crippen molar-refractivity contribution in [3.8, 4) is 0 Å². The fourth-order valence-corrected chi connectivity index (χ4v) is 2.65. The first-order chi connectivity index (χ1) is 9.58. The number of benzene rings is 1. The zero-order chi connectivity index (χ0) is 14.5. The molecule has 2 N–H and O–H groups in total. The van der Waals surface area contributed by atoms with Gasteiger partial charge in [0.2, 0.25) is 5.91 Å². The van der Waals surface area contributed by atoms with Crippen LogP contribution in [0, 0.1) is 17.7 Å². The standard InChI is InChI=1S/C16H23FN2O/c1-11(2)15(12-5-7-14(17)8-6-12)19-16(20)13-4-3-9-18-10-13/h5-8,11,13,15,18H,3-4,9-10H2,1-2H3,(H,19,20). The summed E-state index contributed by atoms with van der Waals surface area (Å²) in [6, 6.07) is 6.32. The van der Waals surface area contributed by atoms with Crippen LogP contribution < -0.4 is 10.6 Å². The van der Waals surface area contributed by atoms with Gasteiger partial charge in [-0.3, -0.25) is 4.79 Å². The summed E-state index contributed by atoms with van der Waals surface area (Å²) in [5.41, 5.74) is 0.957. The minimum Gasteiger partial charge on any atom is -0.349 e. The summed E-state index contributed by atoms with van der Waals surface area (Å²) in [6.07, 6.45) is 1.98. The van der Waals surface area contributed by atoms with Crippen LogP contribution in [0.2, 0.25) is 0 Å². The summed E-state index contributed by atoms with van der Waals surface area (Å²) >= 11 is 0. The molecule has 2 rings (SSSR count). The highest BCUT2D eigenvalue weighted by molar-refractivity contribution is 5.79. The summed E-state index contributed by atoms with van der Waals surface area (Å²) in [4.78, 5) is 12.3. The van der Waals surface area contributed by atoms with Crippen LogP contribution in [0.4, 0.5) is 4.39 Å². The van der Waals surface area contributed by atoms with Gasteiger partial charge in [-0.15, -0.1) is 0 Å². The Hall–Kier alpha value is -1.42. The minimum absolute atomic E-state index is 0.0467. The molecule has 1 aromatic carbocycles. The van der Waals surface area contributed by atoms with Crippen molar-refractivity contribution in [1.29, 1.82) is 0 Å². The van der Waals surface area contributed by atoms with Crippen molar-refractivity contribution in [1.82, 2.24) is 10.6 Å². The molecule has 1 aliphatic rings. The number of carbonyl (C=O) groups is 1. The van der Waals surface area contributed by atoms with Gasteiger partial charge in [0.15, 0.2) is 0 Å². The number of carbonyl (C=O) groups excluding carboxylic acids is 1. The zero-order valence-electron chi connectivity index (χ0n) is 12.2. The van der Waals surface area contributed by atoms with Crippen molar-refractivity contribution < 1.29 is 9.18 Å². The maximum Gasteiger partial charge on any atom is 0.224 e. The molecule has 1 aromatic rings. The molecule has 0 radical (unpaired) electrons. The molecule has 0 aliphatic carbocycles. The molecule has 0 saturated carbocycles. The number of hydrogen-bond acceptors (Lipinski definition) is 2. The van der Waals surface area contributed by atoms with Gasteiger partial charge in [0, 0.05) is 6.54 Å². The van der Waals surface area contributed by atoms with Crippen molar-refractivity contribution >= 4 is 5.91 Å². The van der Waals surface area contributed by atoms with E-state index in [1.807, 2.05) is 0 Å². The molecule has 110 valence electrons. The van der Waals surface area contributed by atoms with Crippen molar-refractivity contribution in [2.45, 2.75) is 32.7 Å². The van der Waals surface area contributed by atoms with Gasteiger partial charge >= 0.3 is 0 Å². The number of halogens is 1. The summed E-state index contributed by atoms with van der Waals surface area (Å²) in [6.45, 7) is 5.87. The van der Waals surface area contributed by atoms with Crippen LogP contribution in [0.15, 0.2) is 24.3 Å². The molecule has 1 aliphatic heterocycles. The Balaban J connectivity index is 2.05. The summed E-state index contributed by atoms with van der Waals surface area (Å²) in [5, 5.41) is 6.38. The Morgan fingerprint density at radius 3 is 2.60 bits per heavy atom. The van der Waals surface area contributed by atoms with Crippen LogP contribution in [0.1, 0.15) is 38.3 Å². The van der Waals surface area contributed by atoms with Gasteiger partial charge in [0.25, 0.3) is 0 Å². The van der Waals surface area contributed by atoms with E-state index >= 15 is 0 Å². The Labute approximate surface area is 120 Å². The molecule has 0 bridgehead atoms. The topological polar surface area (TPSA) is 41.1 Å². The van der Waals surface area contributed by atoms with E-state index in [1.54, 1.807) is 12.1 Å². The van der Waals surface area contributed by atoms with E-state index in [0.717, 1.165) is 31.5 Å². The van der Waals surface area contributed by atoms with Crippen LogP contribution >= 0.6 is 0 Å². The highest BCUT2D eigenvalue weighted by Crippen LogP contribution is 2.23. The summed E-state index contributed by atoms with van der Waals surface area (Å²) in [5.74, 6) is 0.158. The van der Waals surface area contributed by atoms with Crippen LogP contribution in [0.3, 0.4) is 0 Å². The lowest BCUT2D eigenvalue weighted by Crippen LogP contribution is -2.42. The van der Waals surface area contributed by atoms with Crippen molar-refractivity contribution in [3.05, 3.63) is 35.6 Å². The maximum atomic E-state index is 13.0. The first kappa shape index (κ1) is 15.0. The molecular formula is C16H23FN2O. The predicted molar refractivity (Wildman–Crippen MR) is 77.7 cm³/mol. The van der Waals surface area contributed by atoms with Crippen LogP contribution in [-0.2, 0) is 4.79 Å². The van der Waals surface area contributed by atoms with Gasteiger partial charge in [-0.1, -0.05) is 26.0 Å². The second-order valence-electron chi connectivity index (χ2n) is 5.83. The molecular weight excluding hydrogens is 255 g/mol. The van der Waals surface area contributed by atoms with Crippen LogP contribution in [-0.4, -0.2) is 19.0 Å². The van der Waals surface area contributed by atoms with E-state index in [1.165, 1.54) is 12.1 Å². The molecule has 3 nitrogen and oxygen atoms in total. The van der Waals surface area contributed by atoms with Crippen molar-refractivity contribution in [2.24, 2.45) is 11.8 Å². The third-order valence-corrected chi connectivity index (χ3v) is 3.86. The lowest BCUT2D eigenvalue weighted by molar-refractivity contribution is -0.126. The second-order valence-corrected chi connectivity index (χ2v) is 5.83. The van der Waals surface area contributed by atoms with E-state index in [0.29, 0.717) is 0 Å². The number of amides is 1. The lowest BCUT2D eigenvalue weighted by Gasteiger charge is -2.27. The van der Waals surface area contributed by atoms with Gasteiger partial charge in [-0.2, -0.15) is 0 Å². The van der Waals surface area contributed by atoms with E-state index in [2.05, 4.69) is 24.5 Å². The Morgan fingerprint density at radius 1 is 1.35 bits per heavy atom. The third-order valence-electron chi connectivity index (χ3n) is 3.86. The molecule has 1 saturated heterocycles. The third kappa shape index (κ3) is 3.79. The number of hydrogen-bond donors (Lipinski definition) is 2. The Morgan fingerprint density at radius 2 is 2.05 bits per heavy atom. The average molecular weight is 278 g/mol. The largest absolute Gasteiger partial charge is 0.349 e. The van der Waals surface area contributed by atoms with E-state index in [-0.39, 0.29) is 29.6 Å². The lowest BCUT2D eigenvalue weighted by atomic mass is 9.93. The summed E-state index contributed by atoms with van der Waals surface area (Å²) in [7, 11) is 0. The van der Waals surface area contributed by atoms with Crippen molar-refractivity contribution in [3.63, 3.8) is 0 Å². The zero-order valence-corrected chi connectivity index (χ0v) is 12.2. The first-order valence-corrected chi connectivity index (χ1v) is 7.34. The van der Waals surface area contributed by atoms with Crippen LogP contribution in [0.5, 0.6) is 0 Å². The normalized spacial score (nSPS) is 20.7. The van der Waals surface area contributed by atoms with E-state index in [9.17, 15) is 9.18 Å². The molecule has 20 heavy (non-hydrogen) atoms. The van der Waals surface area contributed by atoms with Gasteiger partial charge in [0.1, 0.15) is 5.82 Å². The molecule has 0 aromatic heterocycles. The molecule has 2 unspecified atom stereocenters. The quantitative estimate of drug-likeness (QED) is 0.889. The predicted octanol–water partition coefficient (Wildman–Crippen LogP) is 2.64. The maximum absolute atomic E-state index is 13.0. The molecule has 4 heteroatoms. The van der Waals surface area contributed by atoms with Crippen molar-refractivity contribution in [2.75, 3.05) is 13.1 Å². The number of piperidine rings is 1. The summed E-state index contributed by atoms with van der Waals surface area (Å²) < 4.78 is 13.0. The van der Waals surface area contributed by atoms with Gasteiger partial charge < -0.3 is 10.6 Å². The fourth-order valence-electron chi connectivity index (χ4n) is 2.65. The highest BCUT2D eigenvalue weighted by atomic mass is 19.1. The molecule has 2 atom stereocenters. The second kappa shape index (κ2) is 6.84. The van der Waals surface area contributed by atoms with Gasteiger partial charge in [-0.25, -0.2) is 4.39 Å². The van der Waals surface area contributed by atoms with Crippen LogP contribution in [0.25, 0.3) is 0 Å². The Kier molecular flexibility index (Phi) is 5.12. The Bertz CT molecular complexity index is 438. The molecule has 1 heterocycles. The average Bonchev–Trinajstić information content (AvgIpc) is 2.46. The molecule has 1 fully saturated rings. The van der Waals surface area contributed by atoms with E-state index < -0.39 is 0 Å². The molecule has 0 spiro atoms. The smallest absolute Gasteiger partial charge is 0.224 e. The van der Waals surface area contributed by atoms with Gasteiger partial charge in [-0.05, 0) is 43.0 Å². The van der Waals surface area contributed by atoms with Gasteiger partial charge in [0.05, 0.1) is 12.0 Å².